The van der Waals surface area contributed by atoms with E-state index in [2.05, 4.69) is 22.3 Å². The second-order valence-corrected chi connectivity index (χ2v) is 9.50. The first-order chi connectivity index (χ1) is 13.5. The molecule has 4 rings (SSSR count). The number of fused-ring (bicyclic) bond motifs is 1. The number of hydrogen-bond acceptors (Lipinski definition) is 4. The van der Waals surface area contributed by atoms with Crippen molar-refractivity contribution in [2.45, 2.75) is 24.3 Å². The lowest BCUT2D eigenvalue weighted by atomic mass is 10.1. The highest BCUT2D eigenvalue weighted by Crippen LogP contribution is 2.28. The van der Waals surface area contributed by atoms with E-state index in [1.54, 1.807) is 18.2 Å². The van der Waals surface area contributed by atoms with Gasteiger partial charge in [-0.25, -0.2) is 13.2 Å². The number of carbonyl (C=O) groups excluding carboxylic acids is 1. The zero-order chi connectivity index (χ0) is 19.6. The van der Waals surface area contributed by atoms with E-state index in [0.717, 1.165) is 31.6 Å². The lowest BCUT2D eigenvalue weighted by Gasteiger charge is -2.22. The van der Waals surface area contributed by atoms with Gasteiger partial charge < -0.3 is 10.2 Å². The Morgan fingerprint density at radius 2 is 1.82 bits per heavy atom. The molecule has 2 amide bonds. The molecule has 2 heterocycles. The maximum Gasteiger partial charge on any atom is 0.321 e. The van der Waals surface area contributed by atoms with Crippen molar-refractivity contribution in [2.24, 2.45) is 0 Å². The molecule has 2 aliphatic rings. The molecule has 2 aromatic rings. The number of anilines is 1. The van der Waals surface area contributed by atoms with E-state index in [1.165, 1.54) is 5.56 Å². The van der Waals surface area contributed by atoms with E-state index in [1.807, 2.05) is 23.1 Å². The van der Waals surface area contributed by atoms with E-state index in [4.69, 9.17) is 0 Å². The van der Waals surface area contributed by atoms with Crippen molar-refractivity contribution in [3.05, 3.63) is 59.7 Å². The summed E-state index contributed by atoms with van der Waals surface area (Å²) >= 11 is 0. The minimum atomic E-state index is -3.20. The third-order valence-electron chi connectivity index (χ3n) is 5.42. The summed E-state index contributed by atoms with van der Waals surface area (Å²) in [5.41, 5.74) is 2.66. The number of sulfone groups is 1. The van der Waals surface area contributed by atoms with Crippen molar-refractivity contribution in [1.82, 2.24) is 9.80 Å². The number of benzene rings is 2. The zero-order valence-corrected chi connectivity index (χ0v) is 16.6. The fourth-order valence-corrected chi connectivity index (χ4v) is 5.44. The standard InChI is InChI=1S/C21H25N3O3S/c25-21(22-19-8-7-18-9-14-28(26,27)20(18)15-19)24-11-4-10-23(12-13-24)16-17-5-2-1-3-6-17/h1-3,5-8,15H,4,9-14,16H2,(H,22,25). The van der Waals surface area contributed by atoms with Gasteiger partial charge >= 0.3 is 6.03 Å². The Morgan fingerprint density at radius 1 is 1.00 bits per heavy atom. The van der Waals surface area contributed by atoms with Crippen LogP contribution in [-0.2, 0) is 22.8 Å². The fourth-order valence-electron chi connectivity index (χ4n) is 3.86. The third-order valence-corrected chi connectivity index (χ3v) is 7.21. The molecule has 2 aliphatic heterocycles. The van der Waals surface area contributed by atoms with Gasteiger partial charge in [-0.2, -0.15) is 0 Å². The smallest absolute Gasteiger partial charge is 0.321 e. The number of carbonyl (C=O) groups is 1. The third kappa shape index (κ3) is 4.20. The summed E-state index contributed by atoms with van der Waals surface area (Å²) in [5, 5.41) is 2.88. The average molecular weight is 400 g/mol. The van der Waals surface area contributed by atoms with Crippen LogP contribution in [0.5, 0.6) is 0 Å². The number of nitrogens with zero attached hydrogens (tertiary/aromatic N) is 2. The van der Waals surface area contributed by atoms with Crippen molar-refractivity contribution >= 4 is 21.6 Å². The van der Waals surface area contributed by atoms with Gasteiger partial charge in [0, 0.05) is 38.4 Å². The molecule has 0 spiro atoms. The second-order valence-electron chi connectivity index (χ2n) is 7.42. The molecular formula is C21H25N3O3S. The van der Waals surface area contributed by atoms with Crippen LogP contribution < -0.4 is 5.32 Å². The van der Waals surface area contributed by atoms with Crippen LogP contribution >= 0.6 is 0 Å². The molecule has 148 valence electrons. The van der Waals surface area contributed by atoms with E-state index < -0.39 is 9.84 Å². The molecule has 1 fully saturated rings. The van der Waals surface area contributed by atoms with Gasteiger partial charge in [0.25, 0.3) is 0 Å². The van der Waals surface area contributed by atoms with Crippen LogP contribution in [0.15, 0.2) is 53.4 Å². The highest BCUT2D eigenvalue weighted by atomic mass is 32.2. The summed E-state index contributed by atoms with van der Waals surface area (Å²) in [6.45, 7) is 4.01. The topological polar surface area (TPSA) is 69.7 Å². The van der Waals surface area contributed by atoms with Crippen molar-refractivity contribution in [2.75, 3.05) is 37.2 Å². The van der Waals surface area contributed by atoms with Crippen LogP contribution in [-0.4, -0.2) is 56.2 Å². The number of nitrogens with one attached hydrogen (secondary N) is 1. The molecule has 0 radical (unpaired) electrons. The van der Waals surface area contributed by atoms with E-state index in [0.29, 0.717) is 30.1 Å². The molecule has 0 saturated carbocycles. The summed E-state index contributed by atoms with van der Waals surface area (Å²) in [7, 11) is -3.20. The van der Waals surface area contributed by atoms with Gasteiger partial charge in [-0.3, -0.25) is 4.90 Å². The number of hydrogen-bond donors (Lipinski definition) is 1. The van der Waals surface area contributed by atoms with Crippen molar-refractivity contribution < 1.29 is 13.2 Å². The van der Waals surface area contributed by atoms with Gasteiger partial charge in [-0.1, -0.05) is 36.4 Å². The number of amides is 2. The Kier molecular flexibility index (Phi) is 5.37. The molecule has 0 unspecified atom stereocenters. The van der Waals surface area contributed by atoms with Crippen molar-refractivity contribution in [1.29, 1.82) is 0 Å². The Balaban J connectivity index is 1.37. The SMILES string of the molecule is O=C(Nc1ccc2c(c1)S(=O)(=O)CC2)N1CCCN(Cc2ccccc2)CC1. The minimum absolute atomic E-state index is 0.156. The molecule has 2 aromatic carbocycles. The first kappa shape index (κ1) is 19.0. The van der Waals surface area contributed by atoms with Gasteiger partial charge in [0.2, 0.25) is 0 Å². The first-order valence-corrected chi connectivity index (χ1v) is 11.3. The zero-order valence-electron chi connectivity index (χ0n) is 15.8. The highest BCUT2D eigenvalue weighted by molar-refractivity contribution is 7.91. The van der Waals surface area contributed by atoms with Crippen LogP contribution in [0.2, 0.25) is 0 Å². The van der Waals surface area contributed by atoms with Crippen LogP contribution in [0.3, 0.4) is 0 Å². The molecule has 0 aliphatic carbocycles. The number of rotatable bonds is 3. The number of urea groups is 1. The maximum atomic E-state index is 12.7. The maximum absolute atomic E-state index is 12.7. The van der Waals surface area contributed by atoms with E-state index in [-0.39, 0.29) is 11.8 Å². The van der Waals surface area contributed by atoms with Gasteiger partial charge in [0.1, 0.15) is 0 Å². The van der Waals surface area contributed by atoms with Gasteiger partial charge in [0.15, 0.2) is 9.84 Å². The summed E-state index contributed by atoms with van der Waals surface area (Å²) in [6.07, 6.45) is 1.47. The summed E-state index contributed by atoms with van der Waals surface area (Å²) in [4.78, 5) is 17.2. The first-order valence-electron chi connectivity index (χ1n) is 9.69. The van der Waals surface area contributed by atoms with Crippen molar-refractivity contribution in [3.8, 4) is 0 Å². The lowest BCUT2D eigenvalue weighted by molar-refractivity contribution is 0.211. The van der Waals surface area contributed by atoms with E-state index >= 15 is 0 Å². The molecular weight excluding hydrogens is 374 g/mol. The fraction of sp³-hybridized carbons (Fsp3) is 0.381. The Morgan fingerprint density at radius 3 is 2.64 bits per heavy atom. The minimum Gasteiger partial charge on any atom is -0.323 e. The second kappa shape index (κ2) is 7.93. The predicted octanol–water partition coefficient (Wildman–Crippen LogP) is 2.76. The summed E-state index contributed by atoms with van der Waals surface area (Å²) < 4.78 is 24.2. The quantitative estimate of drug-likeness (QED) is 0.862. The average Bonchev–Trinajstić information content (AvgIpc) is 2.84. The van der Waals surface area contributed by atoms with E-state index in [9.17, 15) is 13.2 Å². The molecule has 1 saturated heterocycles. The van der Waals surface area contributed by atoms with Crippen molar-refractivity contribution in [3.63, 3.8) is 0 Å². The summed E-state index contributed by atoms with van der Waals surface area (Å²) in [5.74, 6) is 0.156. The molecule has 0 atom stereocenters. The van der Waals surface area contributed by atoms with Crippen LogP contribution in [0, 0.1) is 0 Å². The molecule has 7 heteroatoms. The molecule has 0 bridgehead atoms. The van der Waals surface area contributed by atoms with Gasteiger partial charge in [-0.15, -0.1) is 0 Å². The predicted molar refractivity (Wildman–Crippen MR) is 109 cm³/mol. The normalized spacial score (nSPS) is 19.1. The van der Waals surface area contributed by atoms with Crippen LogP contribution in [0.25, 0.3) is 0 Å². The Labute approximate surface area is 166 Å². The molecule has 28 heavy (non-hydrogen) atoms. The molecule has 0 aromatic heterocycles. The van der Waals surface area contributed by atoms with Crippen LogP contribution in [0.1, 0.15) is 17.5 Å². The van der Waals surface area contributed by atoms with Gasteiger partial charge in [0.05, 0.1) is 10.6 Å². The Bertz CT molecular complexity index is 960. The molecule has 6 nitrogen and oxygen atoms in total. The highest BCUT2D eigenvalue weighted by Gasteiger charge is 2.27. The lowest BCUT2D eigenvalue weighted by Crippen LogP contribution is -2.38. The van der Waals surface area contributed by atoms with Crippen LogP contribution in [0.4, 0.5) is 10.5 Å². The number of aryl methyl sites for hydroxylation is 1. The largest absolute Gasteiger partial charge is 0.323 e. The van der Waals surface area contributed by atoms with Gasteiger partial charge in [-0.05, 0) is 36.1 Å². The molecule has 1 N–H and O–H groups in total. The Hall–Kier alpha value is -2.38. The summed E-state index contributed by atoms with van der Waals surface area (Å²) in [6, 6.07) is 15.4. The monoisotopic (exact) mass is 399 g/mol.